The van der Waals surface area contributed by atoms with Gasteiger partial charge in [-0.3, -0.25) is 4.40 Å². The summed E-state index contributed by atoms with van der Waals surface area (Å²) < 4.78 is 1.87. The molecule has 2 aromatic heterocycles. The second kappa shape index (κ2) is 3.31. The first kappa shape index (κ1) is 9.84. The molecule has 4 heteroatoms. The van der Waals surface area contributed by atoms with Crippen LogP contribution in [0.1, 0.15) is 16.1 Å². The van der Waals surface area contributed by atoms with Crippen LogP contribution in [0.25, 0.3) is 16.7 Å². The zero-order valence-electron chi connectivity index (χ0n) is 9.21. The topological polar surface area (TPSA) is 54.6 Å². The normalized spacial score (nSPS) is 11.1. The summed E-state index contributed by atoms with van der Waals surface area (Å²) in [6.45, 7) is 1.94. The molecule has 0 aliphatic rings. The van der Waals surface area contributed by atoms with Crippen molar-refractivity contribution in [3.8, 4) is 0 Å². The lowest BCUT2D eigenvalue weighted by atomic mass is 10.2. The zero-order valence-corrected chi connectivity index (χ0v) is 9.21. The first-order valence-corrected chi connectivity index (χ1v) is 5.28. The van der Waals surface area contributed by atoms with Gasteiger partial charge in [-0.25, -0.2) is 9.78 Å². The number of hydrogen-bond donors (Lipinski definition) is 1. The molecular formula is C13H10N2O2. The quantitative estimate of drug-likeness (QED) is 0.693. The molecule has 3 aromatic rings. The van der Waals surface area contributed by atoms with Crippen LogP contribution in [-0.2, 0) is 0 Å². The minimum atomic E-state index is -0.953. The third kappa shape index (κ3) is 1.30. The lowest BCUT2D eigenvalue weighted by Crippen LogP contribution is -2.02. The predicted molar refractivity (Wildman–Crippen MR) is 64.4 cm³/mol. The molecule has 0 aliphatic heterocycles. The van der Waals surface area contributed by atoms with Crippen molar-refractivity contribution in [1.82, 2.24) is 9.38 Å². The van der Waals surface area contributed by atoms with Crippen LogP contribution in [0.5, 0.6) is 0 Å². The molecule has 0 amide bonds. The van der Waals surface area contributed by atoms with Crippen molar-refractivity contribution in [2.24, 2.45) is 0 Å². The van der Waals surface area contributed by atoms with E-state index in [1.54, 1.807) is 12.1 Å². The molecule has 0 radical (unpaired) electrons. The van der Waals surface area contributed by atoms with Gasteiger partial charge in [0.2, 0.25) is 0 Å². The maximum atomic E-state index is 11.1. The number of rotatable bonds is 1. The Kier molecular flexibility index (Phi) is 1.92. The van der Waals surface area contributed by atoms with Crippen molar-refractivity contribution in [3.05, 3.63) is 47.7 Å². The van der Waals surface area contributed by atoms with Crippen LogP contribution < -0.4 is 0 Å². The van der Waals surface area contributed by atoms with Crippen LogP contribution in [0.3, 0.4) is 0 Å². The number of aromatic nitrogens is 2. The van der Waals surface area contributed by atoms with Crippen molar-refractivity contribution in [2.45, 2.75) is 6.92 Å². The van der Waals surface area contributed by atoms with Gasteiger partial charge in [0, 0.05) is 5.69 Å². The molecule has 1 N–H and O–H groups in total. The molecule has 0 saturated carbocycles. The molecule has 0 atom stereocenters. The number of aryl methyl sites for hydroxylation is 1. The number of carboxylic acid groups (broad SMARTS) is 1. The van der Waals surface area contributed by atoms with Gasteiger partial charge < -0.3 is 5.11 Å². The molecule has 0 spiro atoms. The number of nitrogens with zero attached hydrogens (tertiary/aromatic N) is 2. The highest BCUT2D eigenvalue weighted by Gasteiger charge is 2.14. The summed E-state index contributed by atoms with van der Waals surface area (Å²) in [5.41, 5.74) is 3.44. The molecule has 0 aliphatic carbocycles. The van der Waals surface area contributed by atoms with Crippen LogP contribution in [-0.4, -0.2) is 20.5 Å². The van der Waals surface area contributed by atoms with Crippen LogP contribution in [0.2, 0.25) is 0 Å². The molecule has 0 saturated heterocycles. The molecule has 0 unspecified atom stereocenters. The minimum absolute atomic E-state index is 0.229. The average molecular weight is 226 g/mol. The third-order valence-corrected chi connectivity index (χ3v) is 2.88. The molecule has 0 fully saturated rings. The number of para-hydroxylation sites is 2. The van der Waals surface area contributed by atoms with Crippen molar-refractivity contribution in [2.75, 3.05) is 0 Å². The van der Waals surface area contributed by atoms with Gasteiger partial charge in [0.15, 0.2) is 5.65 Å². The maximum Gasteiger partial charge on any atom is 0.339 e. The van der Waals surface area contributed by atoms with E-state index in [4.69, 9.17) is 5.11 Å². The highest BCUT2D eigenvalue weighted by Crippen LogP contribution is 2.21. The van der Waals surface area contributed by atoms with Gasteiger partial charge in [0.25, 0.3) is 0 Å². The number of imidazole rings is 1. The summed E-state index contributed by atoms with van der Waals surface area (Å²) in [4.78, 5) is 15.5. The number of hydrogen-bond acceptors (Lipinski definition) is 2. The third-order valence-electron chi connectivity index (χ3n) is 2.88. The fourth-order valence-corrected chi connectivity index (χ4v) is 2.08. The highest BCUT2D eigenvalue weighted by molar-refractivity contribution is 5.97. The Bertz CT molecular complexity index is 744. The van der Waals surface area contributed by atoms with Gasteiger partial charge in [-0.2, -0.15) is 0 Å². The number of carboxylic acids is 1. The number of benzene rings is 1. The van der Waals surface area contributed by atoms with Crippen molar-refractivity contribution < 1.29 is 9.90 Å². The molecule has 0 bridgehead atoms. The van der Waals surface area contributed by atoms with E-state index in [1.165, 1.54) is 0 Å². The van der Waals surface area contributed by atoms with E-state index in [9.17, 15) is 4.79 Å². The number of carbonyl (C=O) groups is 1. The van der Waals surface area contributed by atoms with Crippen LogP contribution in [0.15, 0.2) is 36.4 Å². The molecule has 2 heterocycles. The van der Waals surface area contributed by atoms with Crippen molar-refractivity contribution in [3.63, 3.8) is 0 Å². The van der Waals surface area contributed by atoms with Gasteiger partial charge >= 0.3 is 5.97 Å². The SMILES string of the molecule is Cc1ccc(C(=O)O)c2nc3ccccc3n12. The van der Waals surface area contributed by atoms with Crippen LogP contribution in [0, 0.1) is 6.92 Å². The molecule has 3 rings (SSSR count). The van der Waals surface area contributed by atoms with Gasteiger partial charge in [-0.15, -0.1) is 0 Å². The first-order chi connectivity index (χ1) is 8.18. The smallest absolute Gasteiger partial charge is 0.339 e. The standard InChI is InChI=1S/C13H10N2O2/c1-8-6-7-9(13(16)17)12-14-10-4-2-3-5-11(10)15(8)12/h2-7H,1H3,(H,16,17). The molecular weight excluding hydrogens is 216 g/mol. The Morgan fingerprint density at radius 2 is 2.00 bits per heavy atom. The summed E-state index contributed by atoms with van der Waals surface area (Å²) in [6.07, 6.45) is 0. The molecule has 1 aromatic carbocycles. The molecule has 17 heavy (non-hydrogen) atoms. The van der Waals surface area contributed by atoms with Crippen molar-refractivity contribution in [1.29, 1.82) is 0 Å². The summed E-state index contributed by atoms with van der Waals surface area (Å²) in [7, 11) is 0. The molecule has 4 nitrogen and oxygen atoms in total. The summed E-state index contributed by atoms with van der Waals surface area (Å²) >= 11 is 0. The van der Waals surface area contributed by atoms with E-state index in [1.807, 2.05) is 35.6 Å². The van der Waals surface area contributed by atoms with Gasteiger partial charge in [-0.1, -0.05) is 12.1 Å². The van der Waals surface area contributed by atoms with Crippen molar-refractivity contribution >= 4 is 22.6 Å². The number of aromatic carboxylic acids is 1. The Morgan fingerprint density at radius 3 is 2.76 bits per heavy atom. The van der Waals surface area contributed by atoms with E-state index in [-0.39, 0.29) is 5.56 Å². The Morgan fingerprint density at radius 1 is 1.24 bits per heavy atom. The Balaban J connectivity index is 2.58. The lowest BCUT2D eigenvalue weighted by Gasteiger charge is -2.03. The van der Waals surface area contributed by atoms with Gasteiger partial charge in [0.05, 0.1) is 11.0 Å². The van der Waals surface area contributed by atoms with Crippen LogP contribution >= 0.6 is 0 Å². The fourth-order valence-electron chi connectivity index (χ4n) is 2.08. The van der Waals surface area contributed by atoms with E-state index >= 15 is 0 Å². The van der Waals surface area contributed by atoms with E-state index in [2.05, 4.69) is 4.98 Å². The second-order valence-corrected chi connectivity index (χ2v) is 3.95. The monoisotopic (exact) mass is 226 g/mol. The number of fused-ring (bicyclic) bond motifs is 3. The lowest BCUT2D eigenvalue weighted by molar-refractivity contribution is 0.0698. The zero-order chi connectivity index (χ0) is 12.0. The fraction of sp³-hybridized carbons (Fsp3) is 0.0769. The average Bonchev–Trinajstić information content (AvgIpc) is 2.68. The van der Waals surface area contributed by atoms with Gasteiger partial charge in [0.1, 0.15) is 5.56 Å². The first-order valence-electron chi connectivity index (χ1n) is 5.28. The van der Waals surface area contributed by atoms with E-state index < -0.39 is 5.97 Å². The summed E-state index contributed by atoms with van der Waals surface area (Å²) in [5, 5.41) is 9.15. The Labute approximate surface area is 97.1 Å². The van der Waals surface area contributed by atoms with Crippen LogP contribution in [0.4, 0.5) is 0 Å². The largest absolute Gasteiger partial charge is 0.478 e. The summed E-state index contributed by atoms with van der Waals surface area (Å²) in [6, 6.07) is 11.0. The van der Waals surface area contributed by atoms with E-state index in [0.717, 1.165) is 16.7 Å². The highest BCUT2D eigenvalue weighted by atomic mass is 16.4. The second-order valence-electron chi connectivity index (χ2n) is 3.95. The molecule has 84 valence electrons. The number of pyridine rings is 1. The van der Waals surface area contributed by atoms with Gasteiger partial charge in [-0.05, 0) is 31.2 Å². The minimum Gasteiger partial charge on any atom is -0.478 e. The van der Waals surface area contributed by atoms with E-state index in [0.29, 0.717) is 5.65 Å². The Hall–Kier alpha value is -2.36. The maximum absolute atomic E-state index is 11.1. The predicted octanol–water partition coefficient (Wildman–Crippen LogP) is 2.49. The summed E-state index contributed by atoms with van der Waals surface area (Å²) in [5.74, 6) is -0.953.